The Kier molecular flexibility index (Phi) is 4.11. The molecule has 1 heterocycles. The van der Waals surface area contributed by atoms with Crippen LogP contribution >= 0.6 is 11.6 Å². The number of benzene rings is 1. The molecular weight excluding hydrogens is 218 g/mol. The molecule has 0 spiro atoms. The zero-order chi connectivity index (χ0) is 11.4. The lowest BCUT2D eigenvalue weighted by Crippen LogP contribution is -2.33. The second-order valence-electron chi connectivity index (χ2n) is 4.65. The fourth-order valence-corrected chi connectivity index (χ4v) is 2.76. The molecule has 1 atom stereocenters. The predicted octanol–water partition coefficient (Wildman–Crippen LogP) is 4.19. The van der Waals surface area contributed by atoms with Crippen LogP contribution in [0.15, 0.2) is 24.3 Å². The van der Waals surface area contributed by atoms with Gasteiger partial charge in [0.15, 0.2) is 0 Å². The lowest BCUT2D eigenvalue weighted by Gasteiger charge is -2.31. The van der Waals surface area contributed by atoms with Crippen molar-refractivity contribution in [2.75, 3.05) is 11.4 Å². The van der Waals surface area contributed by atoms with Gasteiger partial charge in [0.1, 0.15) is 0 Å². The first-order chi connectivity index (χ1) is 7.83. The normalized spacial score (nSPS) is 21.9. The van der Waals surface area contributed by atoms with Crippen molar-refractivity contribution >= 4 is 17.3 Å². The Morgan fingerprint density at radius 1 is 1.25 bits per heavy atom. The molecule has 1 saturated heterocycles. The summed E-state index contributed by atoms with van der Waals surface area (Å²) in [5.41, 5.74) is 2.60. The molecule has 0 aromatic heterocycles. The molecule has 2 rings (SSSR count). The zero-order valence-corrected chi connectivity index (χ0v) is 10.7. The Bertz CT molecular complexity index is 337. The van der Waals surface area contributed by atoms with Crippen LogP contribution < -0.4 is 4.90 Å². The number of nitrogens with zero attached hydrogens (tertiary/aromatic N) is 1. The summed E-state index contributed by atoms with van der Waals surface area (Å²) in [4.78, 5) is 2.53. The molecule has 16 heavy (non-hydrogen) atoms. The van der Waals surface area contributed by atoms with Crippen molar-refractivity contribution in [2.24, 2.45) is 0 Å². The number of hydrogen-bond acceptors (Lipinski definition) is 1. The van der Waals surface area contributed by atoms with Crippen LogP contribution in [0.1, 0.15) is 38.2 Å². The Morgan fingerprint density at radius 3 is 2.88 bits per heavy atom. The SMILES string of the molecule is CC1CCCCCN1c1ccccc1CCl. The van der Waals surface area contributed by atoms with E-state index in [1.54, 1.807) is 0 Å². The van der Waals surface area contributed by atoms with Crippen LogP contribution in [0, 0.1) is 0 Å². The minimum atomic E-state index is 0.611. The Hall–Kier alpha value is -0.690. The third-order valence-electron chi connectivity index (χ3n) is 3.50. The average molecular weight is 238 g/mol. The van der Waals surface area contributed by atoms with Crippen molar-refractivity contribution in [2.45, 2.75) is 44.5 Å². The number of rotatable bonds is 2. The van der Waals surface area contributed by atoms with Gasteiger partial charge in [0.25, 0.3) is 0 Å². The summed E-state index contributed by atoms with van der Waals surface area (Å²) in [6.45, 7) is 3.51. The van der Waals surface area contributed by atoms with Crippen LogP contribution in [0.4, 0.5) is 5.69 Å². The van der Waals surface area contributed by atoms with Gasteiger partial charge in [-0.3, -0.25) is 0 Å². The minimum Gasteiger partial charge on any atom is -0.369 e. The molecule has 1 unspecified atom stereocenters. The molecule has 1 aromatic rings. The fraction of sp³-hybridized carbons (Fsp3) is 0.571. The van der Waals surface area contributed by atoms with Crippen LogP contribution in [0.3, 0.4) is 0 Å². The van der Waals surface area contributed by atoms with Gasteiger partial charge in [-0.25, -0.2) is 0 Å². The highest BCUT2D eigenvalue weighted by Gasteiger charge is 2.18. The summed E-state index contributed by atoms with van der Waals surface area (Å²) in [5.74, 6) is 0.611. The van der Waals surface area contributed by atoms with Crippen molar-refractivity contribution in [3.05, 3.63) is 29.8 Å². The highest BCUT2D eigenvalue weighted by Crippen LogP contribution is 2.28. The minimum absolute atomic E-state index is 0.611. The van der Waals surface area contributed by atoms with Gasteiger partial charge in [-0.15, -0.1) is 11.6 Å². The predicted molar refractivity (Wildman–Crippen MR) is 71.3 cm³/mol. The molecule has 0 radical (unpaired) electrons. The van der Waals surface area contributed by atoms with E-state index in [0.717, 1.165) is 0 Å². The van der Waals surface area contributed by atoms with Crippen LogP contribution in [0.5, 0.6) is 0 Å². The van der Waals surface area contributed by atoms with Crippen molar-refractivity contribution in [3.8, 4) is 0 Å². The molecule has 1 nitrogen and oxygen atoms in total. The van der Waals surface area contributed by atoms with E-state index in [2.05, 4.69) is 36.1 Å². The summed E-state index contributed by atoms with van der Waals surface area (Å²) in [5, 5.41) is 0. The van der Waals surface area contributed by atoms with E-state index in [-0.39, 0.29) is 0 Å². The number of para-hydroxylation sites is 1. The summed E-state index contributed by atoms with van der Waals surface area (Å²) in [6.07, 6.45) is 5.34. The molecule has 1 aliphatic heterocycles. The van der Waals surface area contributed by atoms with E-state index in [1.165, 1.54) is 43.5 Å². The maximum atomic E-state index is 6.01. The Labute approximate surface area is 103 Å². The maximum absolute atomic E-state index is 6.01. The van der Waals surface area contributed by atoms with Crippen LogP contribution in [-0.2, 0) is 5.88 Å². The van der Waals surface area contributed by atoms with Gasteiger partial charge >= 0.3 is 0 Å². The molecule has 2 heteroatoms. The highest BCUT2D eigenvalue weighted by molar-refractivity contribution is 6.17. The summed E-state index contributed by atoms with van der Waals surface area (Å²) in [7, 11) is 0. The van der Waals surface area contributed by atoms with Gasteiger partial charge in [-0.05, 0) is 31.4 Å². The topological polar surface area (TPSA) is 3.24 Å². The molecule has 0 saturated carbocycles. The lowest BCUT2D eigenvalue weighted by molar-refractivity contribution is 0.615. The summed E-state index contributed by atoms with van der Waals surface area (Å²) in [6, 6.07) is 9.18. The molecule has 1 aromatic carbocycles. The maximum Gasteiger partial charge on any atom is 0.0494 e. The van der Waals surface area contributed by atoms with Crippen molar-refractivity contribution in [3.63, 3.8) is 0 Å². The first-order valence-electron chi connectivity index (χ1n) is 6.23. The molecule has 1 fully saturated rings. The molecule has 1 aliphatic rings. The van der Waals surface area contributed by atoms with Crippen molar-refractivity contribution in [1.29, 1.82) is 0 Å². The van der Waals surface area contributed by atoms with E-state index in [1.807, 2.05) is 0 Å². The second kappa shape index (κ2) is 5.58. The molecular formula is C14H20ClN. The van der Waals surface area contributed by atoms with Crippen molar-refractivity contribution in [1.82, 2.24) is 0 Å². The summed E-state index contributed by atoms with van der Waals surface area (Å²) >= 11 is 6.01. The van der Waals surface area contributed by atoms with Gasteiger partial charge in [0.2, 0.25) is 0 Å². The summed E-state index contributed by atoms with van der Waals surface area (Å²) < 4.78 is 0. The average Bonchev–Trinajstić information content (AvgIpc) is 2.54. The van der Waals surface area contributed by atoms with E-state index in [9.17, 15) is 0 Å². The van der Waals surface area contributed by atoms with E-state index >= 15 is 0 Å². The number of alkyl halides is 1. The molecule has 0 amide bonds. The number of halogens is 1. The van der Waals surface area contributed by atoms with Crippen LogP contribution in [0.25, 0.3) is 0 Å². The monoisotopic (exact) mass is 237 g/mol. The van der Waals surface area contributed by atoms with Crippen molar-refractivity contribution < 1.29 is 0 Å². The largest absolute Gasteiger partial charge is 0.369 e. The van der Waals surface area contributed by atoms with Gasteiger partial charge in [0.05, 0.1) is 0 Å². The smallest absolute Gasteiger partial charge is 0.0494 e. The first kappa shape index (κ1) is 11.8. The highest BCUT2D eigenvalue weighted by atomic mass is 35.5. The number of hydrogen-bond donors (Lipinski definition) is 0. The van der Waals surface area contributed by atoms with Gasteiger partial charge < -0.3 is 4.90 Å². The lowest BCUT2D eigenvalue weighted by atomic mass is 10.1. The van der Waals surface area contributed by atoms with Gasteiger partial charge in [0, 0.05) is 24.2 Å². The van der Waals surface area contributed by atoms with Crippen LogP contribution in [-0.4, -0.2) is 12.6 Å². The quantitative estimate of drug-likeness (QED) is 0.697. The van der Waals surface area contributed by atoms with E-state index < -0.39 is 0 Å². The fourth-order valence-electron chi connectivity index (χ4n) is 2.54. The van der Waals surface area contributed by atoms with Gasteiger partial charge in [-0.1, -0.05) is 31.0 Å². The first-order valence-corrected chi connectivity index (χ1v) is 6.77. The third kappa shape index (κ3) is 2.52. The number of anilines is 1. The Morgan fingerprint density at radius 2 is 2.06 bits per heavy atom. The molecule has 0 aliphatic carbocycles. The van der Waals surface area contributed by atoms with E-state index in [0.29, 0.717) is 11.9 Å². The second-order valence-corrected chi connectivity index (χ2v) is 4.92. The molecule has 0 N–H and O–H groups in total. The zero-order valence-electron chi connectivity index (χ0n) is 9.95. The van der Waals surface area contributed by atoms with Gasteiger partial charge in [-0.2, -0.15) is 0 Å². The third-order valence-corrected chi connectivity index (χ3v) is 3.79. The standard InChI is InChI=1S/C14H20ClN/c1-12-7-3-2-6-10-16(12)14-9-5-4-8-13(14)11-15/h4-5,8-9,12H,2-3,6-7,10-11H2,1H3. The molecule has 0 bridgehead atoms. The Balaban J connectivity index is 2.26. The van der Waals surface area contributed by atoms with E-state index in [4.69, 9.17) is 11.6 Å². The molecule has 88 valence electrons. The van der Waals surface area contributed by atoms with Crippen LogP contribution in [0.2, 0.25) is 0 Å².